The summed E-state index contributed by atoms with van der Waals surface area (Å²) in [6.07, 6.45) is 1.62. The molecule has 4 heterocycles. The Bertz CT molecular complexity index is 2750. The minimum absolute atomic E-state index is 0.176. The number of nitrogens with zero attached hydrogens (tertiary/aromatic N) is 7. The summed E-state index contributed by atoms with van der Waals surface area (Å²) in [6.45, 7) is 16.2. The maximum Gasteiger partial charge on any atom is 0.335 e. The Balaban J connectivity index is 0.000000192. The fourth-order valence-corrected chi connectivity index (χ4v) is 8.30. The van der Waals surface area contributed by atoms with E-state index in [0.717, 1.165) is 62.0 Å². The number of hydrogen-bond donors (Lipinski definition) is 4. The normalized spacial score (nSPS) is 13.5. The van der Waals surface area contributed by atoms with Crippen molar-refractivity contribution in [3.63, 3.8) is 0 Å². The van der Waals surface area contributed by atoms with Gasteiger partial charge in [0.25, 0.3) is 17.7 Å². The Morgan fingerprint density at radius 2 is 1.05 bits per heavy atom. The van der Waals surface area contributed by atoms with Crippen LogP contribution in [-0.2, 0) is 26.2 Å². The number of aromatic nitrogens is 4. The molecular formula is C49H52N10O5. The van der Waals surface area contributed by atoms with Gasteiger partial charge < -0.3 is 25.5 Å². The van der Waals surface area contributed by atoms with Crippen molar-refractivity contribution in [2.75, 3.05) is 22.9 Å². The molecule has 0 saturated heterocycles. The van der Waals surface area contributed by atoms with Gasteiger partial charge in [-0.3, -0.25) is 19.7 Å². The first-order valence-electron chi connectivity index (χ1n) is 21.2. The van der Waals surface area contributed by atoms with Crippen molar-refractivity contribution in [3.8, 4) is 6.19 Å². The summed E-state index contributed by atoms with van der Waals surface area (Å²) in [7, 11) is 0. The standard InChI is InChI=1S/C25H26N6O2.C24H26N4O3/c1-16-5-4-6-19(13-16)14-30-11-12-31-25(30)22(18(3)29-31)24(33)28-17(2)20-7-9-21(10-8-20)23(32)27-15-26;1-15-5-4-6-18(13-15)14-27-11-12-28-23(27)21(17(3)26-28)22(29)25-16(2)19-7-9-20(10-8-19)24(30)31/h4-10,13,17H,11-12,14H2,1-3H3,(H,27,32)(H,28,33);4-10,13,16H,11-12,14H2,1-3H3,(H,25,29)(H,30,31)/t17-;16-/m00/s1. The highest BCUT2D eigenvalue weighted by molar-refractivity contribution is 6.01. The number of carboxylic acids is 1. The van der Waals surface area contributed by atoms with Gasteiger partial charge in [0.05, 0.1) is 42.1 Å². The topological polar surface area (TPSA) is 191 Å². The number of carboxylic acid groups (broad SMARTS) is 1. The zero-order valence-corrected chi connectivity index (χ0v) is 36.8. The van der Waals surface area contributed by atoms with Gasteiger partial charge in [0.1, 0.15) is 22.8 Å². The Labute approximate surface area is 372 Å². The van der Waals surface area contributed by atoms with Gasteiger partial charge in [0, 0.05) is 31.7 Å². The quantitative estimate of drug-likeness (QED) is 0.0742. The Morgan fingerprint density at radius 3 is 1.44 bits per heavy atom. The van der Waals surface area contributed by atoms with Crippen LogP contribution in [0, 0.1) is 39.1 Å². The third kappa shape index (κ3) is 9.81. The van der Waals surface area contributed by atoms with E-state index in [2.05, 4.69) is 86.2 Å². The first-order valence-corrected chi connectivity index (χ1v) is 21.2. The van der Waals surface area contributed by atoms with Gasteiger partial charge in [-0.1, -0.05) is 83.9 Å². The van der Waals surface area contributed by atoms with Crippen LogP contribution < -0.4 is 25.8 Å². The number of carbonyl (C=O) groups excluding carboxylic acids is 3. The third-order valence-electron chi connectivity index (χ3n) is 11.5. The van der Waals surface area contributed by atoms with Crippen LogP contribution in [-0.4, -0.2) is 61.4 Å². The number of fused-ring (bicyclic) bond motifs is 2. The van der Waals surface area contributed by atoms with Crippen molar-refractivity contribution in [2.24, 2.45) is 0 Å². The summed E-state index contributed by atoms with van der Waals surface area (Å²) in [5, 5.41) is 35.0. The second kappa shape index (κ2) is 19.1. The number of carbonyl (C=O) groups is 4. The van der Waals surface area contributed by atoms with Crippen molar-refractivity contribution in [1.29, 1.82) is 5.26 Å². The predicted octanol–water partition coefficient (Wildman–Crippen LogP) is 6.93. The molecule has 0 spiro atoms. The van der Waals surface area contributed by atoms with Crippen LogP contribution in [0.2, 0.25) is 0 Å². The monoisotopic (exact) mass is 860 g/mol. The van der Waals surface area contributed by atoms with E-state index in [9.17, 15) is 19.2 Å². The summed E-state index contributed by atoms with van der Waals surface area (Å²) >= 11 is 0. The molecule has 0 unspecified atom stereocenters. The first kappa shape index (κ1) is 44.3. The maximum absolute atomic E-state index is 13.3. The second-order valence-electron chi connectivity index (χ2n) is 16.3. The van der Waals surface area contributed by atoms with E-state index >= 15 is 0 Å². The lowest BCUT2D eigenvalue weighted by Gasteiger charge is -2.20. The molecule has 328 valence electrons. The van der Waals surface area contributed by atoms with Gasteiger partial charge in [-0.15, -0.1) is 0 Å². The zero-order chi connectivity index (χ0) is 45.7. The summed E-state index contributed by atoms with van der Waals surface area (Å²) in [5.41, 5.74) is 9.72. The molecule has 0 radical (unpaired) electrons. The van der Waals surface area contributed by atoms with Crippen LogP contribution in [0.3, 0.4) is 0 Å². The zero-order valence-electron chi connectivity index (χ0n) is 36.8. The van der Waals surface area contributed by atoms with E-state index in [0.29, 0.717) is 28.1 Å². The number of hydrogen-bond acceptors (Lipinski definition) is 9. The Morgan fingerprint density at radius 1 is 0.625 bits per heavy atom. The van der Waals surface area contributed by atoms with Gasteiger partial charge in [-0.05, 0) is 88.1 Å². The van der Waals surface area contributed by atoms with Crippen molar-refractivity contribution in [2.45, 2.75) is 79.8 Å². The van der Waals surface area contributed by atoms with Crippen molar-refractivity contribution < 1.29 is 24.3 Å². The molecule has 0 saturated carbocycles. The SMILES string of the molecule is Cc1cccc(CN2CCn3nc(C)c(C(=O)N[C@@H](C)c4ccc(C(=O)NC#N)cc4)c32)c1.Cc1cccc(CN2CCn3nc(C)c(C(=O)N[C@@H](C)c4ccc(C(=O)O)cc4)c32)c1. The summed E-state index contributed by atoms with van der Waals surface area (Å²) < 4.78 is 3.82. The van der Waals surface area contributed by atoms with Gasteiger partial charge in [-0.25, -0.2) is 14.2 Å². The fraction of sp³-hybridized carbons (Fsp3) is 0.286. The molecule has 3 amide bonds. The highest BCUT2D eigenvalue weighted by atomic mass is 16.4. The molecule has 4 aromatic carbocycles. The molecule has 15 heteroatoms. The number of nitriles is 1. The van der Waals surface area contributed by atoms with E-state index in [1.807, 2.05) is 49.2 Å². The highest BCUT2D eigenvalue weighted by Gasteiger charge is 2.32. The molecule has 6 aromatic rings. The molecule has 4 N–H and O–H groups in total. The van der Waals surface area contributed by atoms with E-state index in [1.54, 1.807) is 54.7 Å². The number of aryl methyl sites for hydroxylation is 4. The minimum atomic E-state index is -0.969. The van der Waals surface area contributed by atoms with Gasteiger partial charge in [0.15, 0.2) is 6.19 Å². The largest absolute Gasteiger partial charge is 0.478 e. The molecule has 0 aliphatic carbocycles. The number of nitrogens with one attached hydrogen (secondary N) is 3. The highest BCUT2D eigenvalue weighted by Crippen LogP contribution is 2.32. The van der Waals surface area contributed by atoms with Crippen molar-refractivity contribution in [3.05, 3.63) is 164 Å². The molecule has 64 heavy (non-hydrogen) atoms. The van der Waals surface area contributed by atoms with Gasteiger partial charge in [-0.2, -0.15) is 15.5 Å². The van der Waals surface area contributed by atoms with Crippen LogP contribution >= 0.6 is 0 Å². The van der Waals surface area contributed by atoms with Gasteiger partial charge >= 0.3 is 5.97 Å². The van der Waals surface area contributed by atoms with E-state index in [4.69, 9.17) is 10.4 Å². The third-order valence-corrected chi connectivity index (χ3v) is 11.5. The summed E-state index contributed by atoms with van der Waals surface area (Å²) in [4.78, 5) is 53.7. The lowest BCUT2D eigenvalue weighted by molar-refractivity contribution is 0.0695. The summed E-state index contributed by atoms with van der Waals surface area (Å²) in [5.74, 6) is -0.0796. The number of rotatable bonds is 12. The van der Waals surface area contributed by atoms with Crippen molar-refractivity contribution >= 4 is 35.3 Å². The molecule has 0 fully saturated rings. The second-order valence-corrected chi connectivity index (χ2v) is 16.3. The van der Waals surface area contributed by atoms with E-state index in [-0.39, 0.29) is 29.5 Å². The van der Waals surface area contributed by atoms with E-state index in [1.165, 1.54) is 22.3 Å². The molecule has 2 aliphatic heterocycles. The number of anilines is 2. The smallest absolute Gasteiger partial charge is 0.335 e. The molecule has 8 rings (SSSR count). The molecule has 0 bridgehead atoms. The average molecular weight is 861 g/mol. The molecule has 2 aromatic heterocycles. The van der Waals surface area contributed by atoms with E-state index < -0.39 is 11.9 Å². The molecular weight excluding hydrogens is 809 g/mol. The minimum Gasteiger partial charge on any atom is -0.478 e. The van der Waals surface area contributed by atoms with Crippen LogP contribution in [0.4, 0.5) is 11.6 Å². The van der Waals surface area contributed by atoms with Crippen molar-refractivity contribution in [1.82, 2.24) is 35.5 Å². The number of aromatic carboxylic acids is 1. The average Bonchev–Trinajstić information content (AvgIpc) is 4.02. The fourth-order valence-electron chi connectivity index (χ4n) is 8.30. The first-order chi connectivity index (χ1) is 30.7. The number of benzene rings is 4. The molecule has 2 atom stereocenters. The Kier molecular flexibility index (Phi) is 13.2. The lowest BCUT2D eigenvalue weighted by atomic mass is 10.0. The Hall–Kier alpha value is -7.73. The summed E-state index contributed by atoms with van der Waals surface area (Å²) in [6, 6.07) is 29.6. The maximum atomic E-state index is 13.3. The van der Waals surface area contributed by atoms with Gasteiger partial charge in [0.2, 0.25) is 0 Å². The number of amides is 3. The lowest BCUT2D eigenvalue weighted by Crippen LogP contribution is -2.29. The molecule has 2 aliphatic rings. The van der Waals surface area contributed by atoms with Crippen LogP contribution in [0.15, 0.2) is 97.1 Å². The molecule has 15 nitrogen and oxygen atoms in total. The predicted molar refractivity (Wildman–Crippen MR) is 243 cm³/mol. The van der Waals surface area contributed by atoms with Crippen LogP contribution in [0.5, 0.6) is 0 Å². The van der Waals surface area contributed by atoms with Crippen LogP contribution in [0.25, 0.3) is 0 Å². The van der Waals surface area contributed by atoms with Crippen LogP contribution in [0.1, 0.15) is 112 Å².